The molecule has 5 nitrogen and oxygen atoms in total. The zero-order chi connectivity index (χ0) is 21.0. The summed E-state index contributed by atoms with van der Waals surface area (Å²) in [6.45, 7) is 9.26. The molecule has 2 N–H and O–H groups in total. The first-order valence-corrected chi connectivity index (χ1v) is 10.0. The van der Waals surface area contributed by atoms with Gasteiger partial charge in [0.15, 0.2) is 5.78 Å². The van der Waals surface area contributed by atoms with Crippen molar-refractivity contribution in [2.45, 2.75) is 40.3 Å². The molecule has 1 amide bonds. The Morgan fingerprint density at radius 2 is 1.69 bits per heavy atom. The van der Waals surface area contributed by atoms with Crippen molar-refractivity contribution in [3.63, 3.8) is 0 Å². The van der Waals surface area contributed by atoms with Gasteiger partial charge in [-0.05, 0) is 36.5 Å². The van der Waals surface area contributed by atoms with Gasteiger partial charge in [-0.25, -0.2) is 5.43 Å². The zero-order valence-electron chi connectivity index (χ0n) is 17.5. The average Bonchev–Trinajstić information content (AvgIpc) is 2.70. The molecule has 0 spiro atoms. The fourth-order valence-electron chi connectivity index (χ4n) is 3.54. The average molecular weight is 392 g/mol. The lowest BCUT2D eigenvalue weighted by molar-refractivity contribution is -0.124. The molecule has 0 saturated carbocycles. The molecule has 2 aromatic rings. The van der Waals surface area contributed by atoms with Crippen LogP contribution in [0.4, 0.5) is 0 Å². The van der Waals surface area contributed by atoms with Gasteiger partial charge in [0.1, 0.15) is 6.04 Å². The fraction of sp³-hybridized carbons (Fsp3) is 0.333. The molecule has 0 aromatic heterocycles. The summed E-state index contributed by atoms with van der Waals surface area (Å²) < 4.78 is 0. The van der Waals surface area contributed by atoms with Crippen LogP contribution >= 0.6 is 0 Å². The van der Waals surface area contributed by atoms with Crippen molar-refractivity contribution >= 4 is 17.3 Å². The maximum atomic E-state index is 13.4. The molecule has 152 valence electrons. The summed E-state index contributed by atoms with van der Waals surface area (Å²) in [5.41, 5.74) is 7.68. The minimum absolute atomic E-state index is 0.0957. The number of nitrogens with one attached hydrogen (secondary N) is 2. The maximum absolute atomic E-state index is 13.4. The normalized spacial score (nSPS) is 14.6. The predicted octanol–water partition coefficient (Wildman–Crippen LogP) is 3.84. The summed E-state index contributed by atoms with van der Waals surface area (Å²) in [4.78, 5) is 25.6. The first kappa shape index (κ1) is 20.8. The number of amides is 1. The fourth-order valence-corrected chi connectivity index (χ4v) is 3.54. The van der Waals surface area contributed by atoms with E-state index in [0.29, 0.717) is 18.0 Å². The third kappa shape index (κ3) is 4.74. The second-order valence-electron chi connectivity index (χ2n) is 7.89. The van der Waals surface area contributed by atoms with Crippen LogP contribution < -0.4 is 10.7 Å². The van der Waals surface area contributed by atoms with Crippen molar-refractivity contribution < 1.29 is 9.59 Å². The molecule has 1 atom stereocenters. The van der Waals surface area contributed by atoms with E-state index >= 15 is 0 Å². The maximum Gasteiger partial charge on any atom is 0.254 e. The molecule has 0 unspecified atom stereocenters. The van der Waals surface area contributed by atoms with Crippen molar-refractivity contribution in [3.05, 3.63) is 77.0 Å². The van der Waals surface area contributed by atoms with E-state index in [1.54, 1.807) is 0 Å². The van der Waals surface area contributed by atoms with Crippen LogP contribution in [0.3, 0.4) is 0 Å². The highest BCUT2D eigenvalue weighted by Crippen LogP contribution is 2.31. The van der Waals surface area contributed by atoms with Crippen LogP contribution in [0.1, 0.15) is 50.4 Å². The van der Waals surface area contributed by atoms with Crippen LogP contribution in [-0.2, 0) is 16.1 Å². The second-order valence-corrected chi connectivity index (χ2v) is 7.89. The van der Waals surface area contributed by atoms with Crippen LogP contribution in [0, 0.1) is 5.92 Å². The van der Waals surface area contributed by atoms with Crippen LogP contribution in [-0.4, -0.2) is 23.2 Å². The lowest BCUT2D eigenvalue weighted by Gasteiger charge is -2.34. The van der Waals surface area contributed by atoms with Gasteiger partial charge in [-0.15, -0.1) is 0 Å². The van der Waals surface area contributed by atoms with E-state index in [1.807, 2.05) is 66.5 Å². The van der Waals surface area contributed by atoms with Crippen LogP contribution in [0.25, 0.3) is 5.57 Å². The van der Waals surface area contributed by atoms with Gasteiger partial charge in [-0.3, -0.25) is 9.59 Å². The number of fused-ring (bicyclic) bond motifs is 1. The highest BCUT2D eigenvalue weighted by molar-refractivity contribution is 6.21. The highest BCUT2D eigenvalue weighted by atomic mass is 16.2. The van der Waals surface area contributed by atoms with Crippen LogP contribution in [0.5, 0.6) is 0 Å². The van der Waals surface area contributed by atoms with Gasteiger partial charge < -0.3 is 10.3 Å². The summed E-state index contributed by atoms with van der Waals surface area (Å²) in [6, 6.07) is 16.6. The van der Waals surface area contributed by atoms with Gasteiger partial charge in [0.2, 0.25) is 0 Å². The monoisotopic (exact) mass is 391 g/mol. The molecule has 29 heavy (non-hydrogen) atoms. The van der Waals surface area contributed by atoms with Crippen LogP contribution in [0.15, 0.2) is 60.3 Å². The lowest BCUT2D eigenvalue weighted by atomic mass is 9.93. The Kier molecular flexibility index (Phi) is 6.49. The molecule has 3 rings (SSSR count). The molecule has 0 fully saturated rings. The first-order valence-electron chi connectivity index (χ1n) is 10.0. The molecule has 0 radical (unpaired) electrons. The predicted molar refractivity (Wildman–Crippen MR) is 115 cm³/mol. The summed E-state index contributed by atoms with van der Waals surface area (Å²) in [5.74, 6) is 0.147. The van der Waals surface area contributed by atoms with Gasteiger partial charge in [-0.2, -0.15) is 0 Å². The van der Waals surface area contributed by atoms with Gasteiger partial charge >= 0.3 is 0 Å². The number of carbonyl (C=O) groups is 2. The second kappa shape index (κ2) is 9.05. The minimum atomic E-state index is -0.671. The summed E-state index contributed by atoms with van der Waals surface area (Å²) in [6.07, 6.45) is 0. The molecule has 0 saturated heterocycles. The quantitative estimate of drug-likeness (QED) is 0.753. The molecule has 0 bridgehead atoms. The zero-order valence-corrected chi connectivity index (χ0v) is 17.5. The summed E-state index contributed by atoms with van der Waals surface area (Å²) >= 11 is 0. The molecule has 1 heterocycles. The molecular formula is C24H29N3O2. The SMILES string of the molecule is CC(=O)[C@@H](NC(=O)C1=C(C)N(NCC(C)C)Cc2ccccc21)c1ccccc1. The number of rotatable bonds is 7. The Morgan fingerprint density at radius 1 is 1.03 bits per heavy atom. The van der Waals surface area contributed by atoms with Crippen LogP contribution in [0.2, 0.25) is 0 Å². The third-order valence-corrected chi connectivity index (χ3v) is 5.11. The number of nitrogens with zero attached hydrogens (tertiary/aromatic N) is 1. The van der Waals surface area contributed by atoms with Gasteiger partial charge in [-0.1, -0.05) is 68.4 Å². The van der Waals surface area contributed by atoms with Crippen molar-refractivity contribution in [1.82, 2.24) is 15.8 Å². The van der Waals surface area contributed by atoms with Crippen molar-refractivity contribution in [2.75, 3.05) is 6.54 Å². The molecule has 0 aliphatic carbocycles. The third-order valence-electron chi connectivity index (χ3n) is 5.11. The standard InChI is InChI=1S/C24H29N3O2/c1-16(2)14-25-27-15-20-12-8-9-13-21(20)22(17(27)3)24(29)26-23(18(4)28)19-10-6-5-7-11-19/h5-13,16,23,25H,14-15H2,1-4H3,(H,26,29)/t23-/m1/s1. The van der Waals surface area contributed by atoms with Gasteiger partial charge in [0, 0.05) is 12.2 Å². The number of hydrazine groups is 1. The lowest BCUT2D eigenvalue weighted by Crippen LogP contribution is -2.43. The van der Waals surface area contributed by atoms with Crippen molar-refractivity contribution in [2.24, 2.45) is 5.92 Å². The van der Waals surface area contributed by atoms with E-state index < -0.39 is 6.04 Å². The Balaban J connectivity index is 1.95. The van der Waals surface area contributed by atoms with Gasteiger partial charge in [0.05, 0.1) is 12.1 Å². The molecular weight excluding hydrogens is 362 g/mol. The topological polar surface area (TPSA) is 61.4 Å². The van der Waals surface area contributed by atoms with E-state index in [-0.39, 0.29) is 11.7 Å². The van der Waals surface area contributed by atoms with Gasteiger partial charge in [0.25, 0.3) is 5.91 Å². The highest BCUT2D eigenvalue weighted by Gasteiger charge is 2.29. The molecule has 1 aliphatic heterocycles. The Hall–Kier alpha value is -2.92. The Morgan fingerprint density at radius 3 is 2.34 bits per heavy atom. The largest absolute Gasteiger partial charge is 0.338 e. The van der Waals surface area contributed by atoms with E-state index in [1.165, 1.54) is 6.92 Å². The Bertz CT molecular complexity index is 919. The minimum Gasteiger partial charge on any atom is -0.338 e. The van der Waals surface area contributed by atoms with Crippen molar-refractivity contribution in [3.8, 4) is 0 Å². The van der Waals surface area contributed by atoms with E-state index in [4.69, 9.17) is 0 Å². The molecule has 1 aliphatic rings. The number of benzene rings is 2. The molecule has 2 aromatic carbocycles. The number of allylic oxidation sites excluding steroid dienone is 1. The number of hydrogen-bond donors (Lipinski definition) is 2. The summed E-state index contributed by atoms with van der Waals surface area (Å²) in [5, 5.41) is 4.99. The summed E-state index contributed by atoms with van der Waals surface area (Å²) in [7, 11) is 0. The van der Waals surface area contributed by atoms with E-state index in [9.17, 15) is 9.59 Å². The van der Waals surface area contributed by atoms with E-state index in [0.717, 1.165) is 28.9 Å². The smallest absolute Gasteiger partial charge is 0.254 e. The number of ketones is 1. The first-order chi connectivity index (χ1) is 13.9. The molecule has 5 heteroatoms. The number of carbonyl (C=O) groups excluding carboxylic acids is 2. The number of Topliss-reactive ketones (excluding diaryl/α,β-unsaturated/α-hetero) is 1. The van der Waals surface area contributed by atoms with Crippen molar-refractivity contribution in [1.29, 1.82) is 0 Å². The Labute approximate surface area is 172 Å². The van der Waals surface area contributed by atoms with E-state index in [2.05, 4.69) is 24.6 Å². The number of hydrogen-bond acceptors (Lipinski definition) is 4.